The topological polar surface area (TPSA) is 21.3 Å². The molecule has 0 saturated heterocycles. The van der Waals surface area contributed by atoms with Gasteiger partial charge in [-0.05, 0) is 11.1 Å². The van der Waals surface area contributed by atoms with Gasteiger partial charge in [0, 0.05) is 12.6 Å². The summed E-state index contributed by atoms with van der Waals surface area (Å²) in [5.74, 6) is 0. The van der Waals surface area contributed by atoms with Crippen molar-refractivity contribution in [2.45, 2.75) is 45.6 Å². The minimum atomic E-state index is -4.15. The lowest BCUT2D eigenvalue weighted by Crippen LogP contribution is -2.22. The highest BCUT2D eigenvalue weighted by Gasteiger charge is 2.26. The average Bonchev–Trinajstić information content (AvgIpc) is 2.32. The van der Waals surface area contributed by atoms with Crippen LogP contribution in [-0.4, -0.2) is 18.8 Å². The zero-order valence-corrected chi connectivity index (χ0v) is 11.3. The lowest BCUT2D eigenvalue weighted by Gasteiger charge is -2.13. The molecule has 0 amide bonds. The van der Waals surface area contributed by atoms with E-state index in [0.29, 0.717) is 12.6 Å². The minimum Gasteiger partial charge on any atom is -0.376 e. The maximum Gasteiger partial charge on any atom is 0.391 e. The molecule has 108 valence electrons. The Morgan fingerprint density at radius 1 is 1.16 bits per heavy atom. The van der Waals surface area contributed by atoms with Crippen LogP contribution in [0.2, 0.25) is 0 Å². The number of halogens is 3. The van der Waals surface area contributed by atoms with Crippen molar-refractivity contribution in [1.82, 2.24) is 5.32 Å². The lowest BCUT2D eigenvalue weighted by molar-refractivity contribution is -0.146. The summed E-state index contributed by atoms with van der Waals surface area (Å²) in [7, 11) is 0. The summed E-state index contributed by atoms with van der Waals surface area (Å²) in [5.41, 5.74) is 1.99. The standard InChI is InChI=1S/C14H20F3NO/c1-11(2)18-9-12-5-3-4-6-13(12)10-19-8-7-14(15,16)17/h3-6,11,18H,7-10H2,1-2H3. The van der Waals surface area contributed by atoms with Gasteiger partial charge in [-0.15, -0.1) is 0 Å². The Hall–Kier alpha value is -1.07. The molecule has 0 radical (unpaired) electrons. The van der Waals surface area contributed by atoms with Crippen LogP contribution in [0, 0.1) is 0 Å². The second kappa shape index (κ2) is 7.50. The Morgan fingerprint density at radius 3 is 2.37 bits per heavy atom. The minimum absolute atomic E-state index is 0.214. The van der Waals surface area contributed by atoms with Crippen molar-refractivity contribution in [2.75, 3.05) is 6.61 Å². The Labute approximate surface area is 112 Å². The summed E-state index contributed by atoms with van der Waals surface area (Å²) >= 11 is 0. The summed E-state index contributed by atoms with van der Waals surface area (Å²) < 4.78 is 41.0. The van der Waals surface area contributed by atoms with Gasteiger partial charge in [0.05, 0.1) is 19.6 Å². The van der Waals surface area contributed by atoms with Crippen LogP contribution in [0.25, 0.3) is 0 Å². The van der Waals surface area contributed by atoms with E-state index in [2.05, 4.69) is 5.32 Å². The third kappa shape index (κ3) is 7.18. The Bertz CT molecular complexity index is 377. The van der Waals surface area contributed by atoms with E-state index in [1.165, 1.54) is 0 Å². The Kier molecular flexibility index (Phi) is 6.31. The van der Waals surface area contributed by atoms with Crippen molar-refractivity contribution in [3.05, 3.63) is 35.4 Å². The van der Waals surface area contributed by atoms with Gasteiger partial charge in [-0.25, -0.2) is 0 Å². The fourth-order valence-corrected chi connectivity index (χ4v) is 1.55. The Balaban J connectivity index is 2.44. The first kappa shape index (κ1) is 16.0. The number of ether oxygens (including phenoxy) is 1. The molecule has 2 nitrogen and oxygen atoms in total. The molecule has 19 heavy (non-hydrogen) atoms. The van der Waals surface area contributed by atoms with E-state index < -0.39 is 12.6 Å². The van der Waals surface area contributed by atoms with Gasteiger partial charge in [-0.2, -0.15) is 13.2 Å². The van der Waals surface area contributed by atoms with Crippen LogP contribution in [-0.2, 0) is 17.9 Å². The molecule has 0 aromatic heterocycles. The van der Waals surface area contributed by atoms with Gasteiger partial charge < -0.3 is 10.1 Å². The number of rotatable bonds is 7. The molecular formula is C14H20F3NO. The highest BCUT2D eigenvalue weighted by atomic mass is 19.4. The molecule has 0 saturated carbocycles. The fraction of sp³-hybridized carbons (Fsp3) is 0.571. The highest BCUT2D eigenvalue weighted by molar-refractivity contribution is 5.26. The van der Waals surface area contributed by atoms with Crippen LogP contribution in [0.3, 0.4) is 0 Å². The summed E-state index contributed by atoms with van der Waals surface area (Å²) in [5, 5.41) is 3.28. The van der Waals surface area contributed by atoms with Gasteiger partial charge in [0.2, 0.25) is 0 Å². The SMILES string of the molecule is CC(C)NCc1ccccc1COCCC(F)(F)F. The third-order valence-electron chi connectivity index (χ3n) is 2.61. The molecular weight excluding hydrogens is 255 g/mol. The molecule has 1 N–H and O–H groups in total. The fourth-order valence-electron chi connectivity index (χ4n) is 1.55. The van der Waals surface area contributed by atoms with Crippen molar-refractivity contribution in [3.8, 4) is 0 Å². The smallest absolute Gasteiger partial charge is 0.376 e. The molecule has 0 atom stereocenters. The summed E-state index contributed by atoms with van der Waals surface area (Å²) in [4.78, 5) is 0. The maximum atomic E-state index is 12.0. The molecule has 0 aliphatic heterocycles. The first-order valence-electron chi connectivity index (χ1n) is 6.33. The lowest BCUT2D eigenvalue weighted by atomic mass is 10.1. The van der Waals surface area contributed by atoms with Gasteiger partial charge in [0.15, 0.2) is 0 Å². The normalized spacial score (nSPS) is 12.1. The predicted molar refractivity (Wildman–Crippen MR) is 68.7 cm³/mol. The van der Waals surface area contributed by atoms with Crippen LogP contribution in [0.5, 0.6) is 0 Å². The molecule has 1 aromatic carbocycles. The van der Waals surface area contributed by atoms with Gasteiger partial charge >= 0.3 is 6.18 Å². The van der Waals surface area contributed by atoms with Crippen LogP contribution >= 0.6 is 0 Å². The van der Waals surface area contributed by atoms with E-state index in [-0.39, 0.29) is 13.2 Å². The van der Waals surface area contributed by atoms with Crippen molar-refractivity contribution >= 4 is 0 Å². The van der Waals surface area contributed by atoms with Crippen LogP contribution in [0.1, 0.15) is 31.4 Å². The molecule has 5 heteroatoms. The van der Waals surface area contributed by atoms with E-state index in [4.69, 9.17) is 4.74 Å². The second-order valence-electron chi connectivity index (χ2n) is 4.72. The Morgan fingerprint density at radius 2 is 1.79 bits per heavy atom. The summed E-state index contributed by atoms with van der Waals surface area (Å²) in [6.07, 6.45) is -5.06. The highest BCUT2D eigenvalue weighted by Crippen LogP contribution is 2.19. The number of hydrogen-bond acceptors (Lipinski definition) is 2. The van der Waals surface area contributed by atoms with E-state index >= 15 is 0 Å². The quantitative estimate of drug-likeness (QED) is 0.767. The second-order valence-corrected chi connectivity index (χ2v) is 4.72. The number of nitrogens with one attached hydrogen (secondary N) is 1. The van der Waals surface area contributed by atoms with Crippen molar-refractivity contribution in [1.29, 1.82) is 0 Å². The number of benzene rings is 1. The van der Waals surface area contributed by atoms with Crippen LogP contribution < -0.4 is 5.32 Å². The van der Waals surface area contributed by atoms with E-state index in [1.807, 2.05) is 38.1 Å². The maximum absolute atomic E-state index is 12.0. The monoisotopic (exact) mass is 275 g/mol. The molecule has 0 bridgehead atoms. The van der Waals surface area contributed by atoms with Crippen LogP contribution in [0.4, 0.5) is 13.2 Å². The van der Waals surface area contributed by atoms with Crippen molar-refractivity contribution in [2.24, 2.45) is 0 Å². The molecule has 0 unspecified atom stereocenters. The molecule has 0 fully saturated rings. The largest absolute Gasteiger partial charge is 0.391 e. The summed E-state index contributed by atoms with van der Waals surface area (Å²) in [6.45, 7) is 4.70. The van der Waals surface area contributed by atoms with Crippen LogP contribution in [0.15, 0.2) is 24.3 Å². The molecule has 1 aromatic rings. The average molecular weight is 275 g/mol. The van der Waals surface area contributed by atoms with Gasteiger partial charge in [-0.3, -0.25) is 0 Å². The van der Waals surface area contributed by atoms with Gasteiger partial charge in [0.1, 0.15) is 0 Å². The first-order valence-corrected chi connectivity index (χ1v) is 6.33. The summed E-state index contributed by atoms with van der Waals surface area (Å²) in [6, 6.07) is 7.97. The molecule has 0 aliphatic rings. The predicted octanol–water partition coefficient (Wildman–Crippen LogP) is 3.65. The molecule has 0 spiro atoms. The van der Waals surface area contributed by atoms with E-state index in [9.17, 15) is 13.2 Å². The van der Waals surface area contributed by atoms with E-state index in [0.717, 1.165) is 11.1 Å². The molecule has 1 rings (SSSR count). The molecule has 0 heterocycles. The van der Waals surface area contributed by atoms with E-state index in [1.54, 1.807) is 0 Å². The number of alkyl halides is 3. The molecule has 0 aliphatic carbocycles. The third-order valence-corrected chi connectivity index (χ3v) is 2.61. The van der Waals surface area contributed by atoms with Crippen molar-refractivity contribution < 1.29 is 17.9 Å². The zero-order valence-electron chi connectivity index (χ0n) is 11.3. The van der Waals surface area contributed by atoms with Gasteiger partial charge in [0.25, 0.3) is 0 Å². The zero-order chi connectivity index (χ0) is 14.3. The number of hydrogen-bond donors (Lipinski definition) is 1. The van der Waals surface area contributed by atoms with Crippen molar-refractivity contribution in [3.63, 3.8) is 0 Å². The van der Waals surface area contributed by atoms with Gasteiger partial charge in [-0.1, -0.05) is 38.1 Å². The first-order chi connectivity index (χ1) is 8.88.